The maximum absolute atomic E-state index is 13.5. The zero-order valence-corrected chi connectivity index (χ0v) is 28.8. The molecular weight excluding hydrogens is 859 g/mol. The Morgan fingerprint density at radius 1 is 0.404 bits per heavy atom. The molecule has 52 heavy (non-hydrogen) atoms. The van der Waals surface area contributed by atoms with Gasteiger partial charge >= 0.3 is 20.1 Å². The van der Waals surface area contributed by atoms with Crippen molar-refractivity contribution in [1.29, 1.82) is 0 Å². The summed E-state index contributed by atoms with van der Waals surface area (Å²) in [4.78, 5) is 0. The first-order chi connectivity index (χ1) is 24.7. The average Bonchev–Trinajstić information content (AvgIpc) is 3.85. The van der Waals surface area contributed by atoms with Gasteiger partial charge in [-0.2, -0.15) is 0 Å². The minimum Gasteiger partial charge on any atom is -0.265 e. The van der Waals surface area contributed by atoms with E-state index >= 15 is 0 Å². The molecule has 3 aromatic carbocycles. The van der Waals surface area contributed by atoms with Gasteiger partial charge in [0.15, 0.2) is 0 Å². The van der Waals surface area contributed by atoms with Crippen LogP contribution in [0.2, 0.25) is 0 Å². The van der Waals surface area contributed by atoms with Gasteiger partial charge in [0.2, 0.25) is 0 Å². The van der Waals surface area contributed by atoms with Crippen molar-refractivity contribution < 1.29 is 46.4 Å². The van der Waals surface area contributed by atoms with Crippen molar-refractivity contribution >= 4 is 16.6 Å². The summed E-state index contributed by atoms with van der Waals surface area (Å²) in [6.45, 7) is 0. The molecule has 0 atom stereocenters. The first kappa shape index (κ1) is 35.8. The second-order valence-electron chi connectivity index (χ2n) is 10.9. The van der Waals surface area contributed by atoms with Gasteiger partial charge in [-0.15, -0.1) is 36.4 Å². The molecule has 0 aliphatic heterocycles. The Kier molecular flexibility index (Phi) is 10.6. The van der Waals surface area contributed by atoms with Crippen molar-refractivity contribution in [1.82, 2.24) is 28.8 Å². The van der Waals surface area contributed by atoms with Gasteiger partial charge in [-0.05, 0) is 36.4 Å². The van der Waals surface area contributed by atoms with Crippen LogP contribution < -0.4 is 0 Å². The molecule has 0 amide bonds. The van der Waals surface area contributed by atoms with Crippen molar-refractivity contribution in [2.75, 3.05) is 0 Å². The first-order valence-corrected chi connectivity index (χ1v) is 15.2. The number of pyridine rings is 3. The maximum atomic E-state index is 13.5. The first-order valence-electron chi connectivity index (χ1n) is 15.2. The van der Waals surface area contributed by atoms with Gasteiger partial charge < -0.3 is 0 Å². The fourth-order valence-corrected chi connectivity index (χ4v) is 5.10. The molecule has 0 bridgehead atoms. The fourth-order valence-electron chi connectivity index (χ4n) is 5.10. The van der Waals surface area contributed by atoms with E-state index in [4.69, 9.17) is 0 Å². The largest absolute Gasteiger partial charge is 3.00 e. The third-order valence-electron chi connectivity index (χ3n) is 7.45. The quantitative estimate of drug-likeness (QED) is 0.132. The Balaban J connectivity index is 0.000000133. The molecule has 0 aliphatic rings. The van der Waals surface area contributed by atoms with Crippen LogP contribution in [0.3, 0.4) is 0 Å². The molecular formula is C39H21F6IrN6. The second-order valence-corrected chi connectivity index (χ2v) is 10.9. The topological polar surface area (TPSA) is 51.9 Å². The van der Waals surface area contributed by atoms with Crippen LogP contribution in [0.1, 0.15) is 0 Å². The van der Waals surface area contributed by atoms with Crippen molar-refractivity contribution in [2.24, 2.45) is 0 Å². The van der Waals surface area contributed by atoms with Crippen LogP contribution in [0.15, 0.2) is 128 Å². The molecule has 0 radical (unpaired) electrons. The van der Waals surface area contributed by atoms with Gasteiger partial charge in [-0.25, -0.2) is 15.3 Å². The van der Waals surface area contributed by atoms with Crippen LogP contribution in [-0.2, 0) is 20.1 Å². The molecule has 0 aliphatic carbocycles. The summed E-state index contributed by atoms with van der Waals surface area (Å²) in [6, 6.07) is 35.3. The van der Waals surface area contributed by atoms with Crippen molar-refractivity contribution in [2.45, 2.75) is 0 Å². The molecule has 9 rings (SSSR count). The zero-order chi connectivity index (χ0) is 35.5. The smallest absolute Gasteiger partial charge is 0.265 e. The standard InChI is InChI=1S/3C13H7F2N2.Ir/c3*14-9-4-5-11(12(15)7-9)13-8-10-3-1-2-6-17(10)16-13;/h3*1-4,6-8H;/q3*-1;+3. The van der Waals surface area contributed by atoms with E-state index in [9.17, 15) is 26.3 Å². The molecule has 0 saturated heterocycles. The normalized spacial score (nSPS) is 10.7. The van der Waals surface area contributed by atoms with Crippen molar-refractivity contribution in [3.05, 3.63) is 181 Å². The minimum absolute atomic E-state index is 0. The van der Waals surface area contributed by atoms with Gasteiger partial charge in [0.05, 0.1) is 16.6 Å². The number of halogens is 6. The Morgan fingerprint density at radius 2 is 0.692 bits per heavy atom. The molecule has 6 nitrogen and oxygen atoms in total. The van der Waals surface area contributed by atoms with Crippen molar-refractivity contribution in [3.8, 4) is 33.8 Å². The zero-order valence-electron chi connectivity index (χ0n) is 26.4. The van der Waals surface area contributed by atoms with Crippen LogP contribution in [-0.4, -0.2) is 28.8 Å². The molecule has 6 heterocycles. The number of nitrogens with zero attached hydrogens (tertiary/aromatic N) is 6. The molecule has 0 unspecified atom stereocenters. The number of rotatable bonds is 3. The third kappa shape index (κ3) is 7.80. The number of fused-ring (bicyclic) bond motifs is 3. The van der Waals surface area contributed by atoms with Gasteiger partial charge in [-0.3, -0.25) is 39.9 Å². The fraction of sp³-hybridized carbons (Fsp3) is 0. The third-order valence-corrected chi connectivity index (χ3v) is 7.45. The molecule has 258 valence electrons. The van der Waals surface area contributed by atoms with Crippen molar-refractivity contribution in [3.63, 3.8) is 0 Å². The van der Waals surface area contributed by atoms with Crippen LogP contribution in [0.25, 0.3) is 50.3 Å². The summed E-state index contributed by atoms with van der Waals surface area (Å²) in [6.07, 6.45) is 5.29. The molecule has 13 heteroatoms. The Hall–Kier alpha value is -6.04. The SMILES string of the molecule is Fc1c[c-]c(-c2cc3ccccn3n2)c(F)c1.Fc1c[c-]c(-c2cc3ccccn3n2)c(F)c1.Fc1c[c-]c(-c2cc3ccccn3n2)c(F)c1.[Ir+3]. The molecule has 0 fully saturated rings. The van der Waals surface area contributed by atoms with Crippen LogP contribution >= 0.6 is 0 Å². The number of hydrogen-bond acceptors (Lipinski definition) is 3. The Bertz CT molecular complexity index is 2260. The van der Waals surface area contributed by atoms with Gasteiger partial charge in [-0.1, -0.05) is 71.3 Å². The van der Waals surface area contributed by atoms with Crippen LogP contribution in [0.5, 0.6) is 0 Å². The van der Waals surface area contributed by atoms with E-state index < -0.39 is 34.9 Å². The van der Waals surface area contributed by atoms with E-state index in [-0.39, 0.29) is 36.8 Å². The summed E-state index contributed by atoms with van der Waals surface area (Å²) in [7, 11) is 0. The van der Waals surface area contributed by atoms with Crippen LogP contribution in [0.4, 0.5) is 26.3 Å². The minimum atomic E-state index is -0.659. The molecule has 0 saturated carbocycles. The molecule has 0 spiro atoms. The predicted octanol–water partition coefficient (Wildman–Crippen LogP) is 9.24. The van der Waals surface area contributed by atoms with E-state index in [2.05, 4.69) is 33.5 Å². The summed E-state index contributed by atoms with van der Waals surface area (Å²) >= 11 is 0. The van der Waals surface area contributed by atoms with E-state index in [1.807, 2.05) is 54.6 Å². The van der Waals surface area contributed by atoms with Gasteiger partial charge in [0.25, 0.3) is 0 Å². The van der Waals surface area contributed by atoms with E-state index in [0.29, 0.717) is 17.1 Å². The van der Waals surface area contributed by atoms with Gasteiger partial charge in [0.1, 0.15) is 0 Å². The Labute approximate surface area is 305 Å². The van der Waals surface area contributed by atoms with E-state index in [0.717, 1.165) is 52.9 Å². The number of aromatic nitrogens is 6. The van der Waals surface area contributed by atoms with Crippen LogP contribution in [0, 0.1) is 53.1 Å². The summed E-state index contributed by atoms with van der Waals surface area (Å²) in [5, 5.41) is 12.6. The molecule has 6 aromatic heterocycles. The summed E-state index contributed by atoms with van der Waals surface area (Å²) < 4.78 is 83.8. The summed E-state index contributed by atoms with van der Waals surface area (Å²) in [5.41, 5.74) is 4.38. The monoisotopic (exact) mass is 880 g/mol. The van der Waals surface area contributed by atoms with E-state index in [1.54, 1.807) is 50.3 Å². The van der Waals surface area contributed by atoms with E-state index in [1.165, 1.54) is 0 Å². The maximum Gasteiger partial charge on any atom is 3.00 e. The number of hydrogen-bond donors (Lipinski definition) is 0. The number of benzene rings is 3. The second kappa shape index (κ2) is 15.5. The molecule has 0 N–H and O–H groups in total. The summed E-state index contributed by atoms with van der Waals surface area (Å²) in [5.74, 6) is -3.91. The Morgan fingerprint density at radius 3 is 0.942 bits per heavy atom. The van der Waals surface area contributed by atoms with Gasteiger partial charge in [0, 0.05) is 70.6 Å². The predicted molar refractivity (Wildman–Crippen MR) is 178 cm³/mol. The average molecular weight is 880 g/mol. The molecule has 9 aromatic rings.